The summed E-state index contributed by atoms with van der Waals surface area (Å²) in [5.74, 6) is 1.91. The van der Waals surface area contributed by atoms with Gasteiger partial charge in [-0.3, -0.25) is 0 Å². The highest BCUT2D eigenvalue weighted by molar-refractivity contribution is 8.00. The molecule has 1 saturated carbocycles. The Kier molecular flexibility index (Phi) is 13.4. The maximum absolute atomic E-state index is 15.1. The average Bonchev–Trinajstić information content (AvgIpc) is 2.84. The zero-order valence-corrected chi connectivity index (χ0v) is 48.1. The van der Waals surface area contributed by atoms with E-state index in [0.29, 0.717) is 30.6 Å². The Morgan fingerprint density at radius 1 is 0.602 bits per heavy atom. The molecule has 0 saturated heterocycles. The van der Waals surface area contributed by atoms with E-state index in [0.717, 1.165) is 68.3 Å². The van der Waals surface area contributed by atoms with Gasteiger partial charge in [0.15, 0.2) is 0 Å². The van der Waals surface area contributed by atoms with Crippen LogP contribution in [-0.4, -0.2) is 5.25 Å². The van der Waals surface area contributed by atoms with Crippen LogP contribution in [0, 0.1) is 52.8 Å². The SMILES string of the molecule is C=CC1=CCC(C2(C3C=CC(F)=CC3)C3=C(C=CCC3)c3ccc(N(C4=CC5c6cc(N(C7=CC8C(C=C7)C7C=CC=CC7C8(C7=CCC(C=C)CC7)C7C=CC(F)=CC7)c7ccccc7)ccc6SC5C=C4)C4=CC=CCC4)cc32)C=C1. The third-order valence-electron chi connectivity index (χ3n) is 21.1. The molecule has 3 aromatic rings. The van der Waals surface area contributed by atoms with Crippen molar-refractivity contribution in [3.05, 3.63) is 306 Å². The minimum absolute atomic E-state index is 0.0950. The monoisotopic (exact) mass is 1110 g/mol. The third kappa shape index (κ3) is 8.52. The number of nitrogens with zero attached hydrogens (tertiary/aromatic N) is 2. The summed E-state index contributed by atoms with van der Waals surface area (Å²) < 4.78 is 30.1. The average molecular weight is 1110 g/mol. The molecule has 12 atom stereocenters. The fraction of sp³-hybridized carbons (Fsp3) is 0.282. The largest absolute Gasteiger partial charge is 0.315 e. The molecule has 0 N–H and O–H groups in total. The van der Waals surface area contributed by atoms with Gasteiger partial charge in [0.2, 0.25) is 0 Å². The summed E-state index contributed by atoms with van der Waals surface area (Å²) in [6.45, 7) is 8.34. The maximum Gasteiger partial charge on any atom is 0.118 e. The van der Waals surface area contributed by atoms with E-state index < -0.39 is 0 Å². The number of allylic oxidation sites excluding steroid dienone is 33. The number of benzene rings is 3. The molecule has 414 valence electrons. The van der Waals surface area contributed by atoms with Crippen LogP contribution >= 0.6 is 11.8 Å². The second-order valence-corrected chi connectivity index (χ2v) is 26.1. The van der Waals surface area contributed by atoms with Crippen molar-refractivity contribution in [1.29, 1.82) is 0 Å². The summed E-state index contributed by atoms with van der Waals surface area (Å²) in [7, 11) is 0. The van der Waals surface area contributed by atoms with Gasteiger partial charge in [0.05, 0.1) is 0 Å². The molecule has 0 amide bonds. The van der Waals surface area contributed by atoms with Gasteiger partial charge in [0, 0.05) is 61.0 Å². The first-order valence-electron chi connectivity index (χ1n) is 30.8. The van der Waals surface area contributed by atoms with Crippen molar-refractivity contribution in [2.75, 3.05) is 9.80 Å². The third-order valence-corrected chi connectivity index (χ3v) is 22.4. The van der Waals surface area contributed by atoms with Gasteiger partial charge in [0.25, 0.3) is 0 Å². The number of hydrogen-bond donors (Lipinski definition) is 0. The van der Waals surface area contributed by atoms with Crippen LogP contribution in [0.2, 0.25) is 0 Å². The van der Waals surface area contributed by atoms with Crippen molar-refractivity contribution >= 4 is 34.4 Å². The van der Waals surface area contributed by atoms with E-state index in [4.69, 9.17) is 0 Å². The number of hydrogen-bond acceptors (Lipinski definition) is 3. The van der Waals surface area contributed by atoms with Crippen LogP contribution in [0.3, 0.4) is 0 Å². The molecule has 1 fully saturated rings. The van der Waals surface area contributed by atoms with Crippen molar-refractivity contribution in [3.8, 4) is 0 Å². The minimum Gasteiger partial charge on any atom is -0.315 e. The molecule has 0 bridgehead atoms. The fourth-order valence-corrected chi connectivity index (χ4v) is 18.8. The molecule has 11 aliphatic carbocycles. The lowest BCUT2D eigenvalue weighted by molar-refractivity contribution is 0.146. The lowest BCUT2D eigenvalue weighted by atomic mass is 9.54. The first-order valence-corrected chi connectivity index (χ1v) is 31.7. The van der Waals surface area contributed by atoms with Crippen LogP contribution in [-0.2, 0) is 5.41 Å². The fourth-order valence-electron chi connectivity index (χ4n) is 17.5. The van der Waals surface area contributed by atoms with Crippen molar-refractivity contribution in [3.63, 3.8) is 0 Å². The van der Waals surface area contributed by atoms with E-state index >= 15 is 8.78 Å². The highest BCUT2D eigenvalue weighted by Gasteiger charge is 2.62. The quantitative estimate of drug-likeness (QED) is 0.167. The number of para-hydroxylation sites is 1. The lowest BCUT2D eigenvalue weighted by Gasteiger charge is -2.49. The Morgan fingerprint density at radius 2 is 1.35 bits per heavy atom. The molecule has 12 unspecified atom stereocenters. The van der Waals surface area contributed by atoms with Crippen LogP contribution in [0.5, 0.6) is 0 Å². The summed E-state index contributed by atoms with van der Waals surface area (Å²) in [5, 5.41) is 0.259. The predicted molar refractivity (Wildman–Crippen MR) is 343 cm³/mol. The molecule has 83 heavy (non-hydrogen) atoms. The van der Waals surface area contributed by atoms with Crippen molar-refractivity contribution in [2.45, 2.75) is 85.7 Å². The number of thioether (sulfide) groups is 1. The molecular formula is C78H72F2N2S. The number of rotatable bonds is 12. The molecule has 2 nitrogen and oxygen atoms in total. The standard InChI is InChI=1S/C78H72F2N2S/c1-3-51-23-27-53(28-24-51)77(55-31-35-57(79)36-32-55)71-21-13-11-19-65(71)67-43-39-63(49-73(67)77)81(59-15-7-5-8-16-59)61-41-45-75-69(47-61)70-48-62(42-46-76(70)83-75)82(60-17-9-6-10-18-60)64-40-44-68-66-20-12-14-22-72(66)78(74(68)50-64,56-33-37-58(80)38-34-56)54-29-25-52(4-2)26-30-54/h3-9,11-13,15-17,19-21,25-27,29,31,33,35-51,54-56,65,67,70-71,73,76H,1-2,10,14,18,22-24,28,30,32,34H2. The van der Waals surface area contributed by atoms with Crippen LogP contribution in [0.4, 0.5) is 25.8 Å². The van der Waals surface area contributed by atoms with E-state index in [-0.39, 0.29) is 63.2 Å². The molecule has 15 rings (SSSR count). The number of fused-ring (bicyclic) bond motifs is 8. The van der Waals surface area contributed by atoms with Crippen LogP contribution in [0.1, 0.15) is 86.8 Å². The van der Waals surface area contributed by atoms with Gasteiger partial charge in [-0.2, -0.15) is 0 Å². The molecule has 12 aliphatic rings. The molecule has 3 aromatic carbocycles. The Bertz CT molecular complexity index is 3770. The highest BCUT2D eigenvalue weighted by Crippen LogP contribution is 2.68. The number of anilines is 3. The lowest BCUT2D eigenvalue weighted by Crippen LogP contribution is -2.43. The molecule has 0 radical (unpaired) electrons. The van der Waals surface area contributed by atoms with Gasteiger partial charge in [-0.15, -0.1) is 18.3 Å². The summed E-state index contributed by atoms with van der Waals surface area (Å²) >= 11 is 1.98. The van der Waals surface area contributed by atoms with Gasteiger partial charge in [-0.25, -0.2) is 8.78 Å². The first kappa shape index (κ1) is 52.3. The normalized spacial score (nSPS) is 32.9. The predicted octanol–water partition coefficient (Wildman–Crippen LogP) is 20.4. The zero-order valence-electron chi connectivity index (χ0n) is 47.3. The molecule has 0 spiro atoms. The Labute approximate surface area is 494 Å². The summed E-state index contributed by atoms with van der Waals surface area (Å²) in [5.41, 5.74) is 16.1. The van der Waals surface area contributed by atoms with E-state index in [2.05, 4.69) is 223 Å². The van der Waals surface area contributed by atoms with E-state index in [1.54, 1.807) is 17.7 Å². The smallest absolute Gasteiger partial charge is 0.118 e. The van der Waals surface area contributed by atoms with Gasteiger partial charge in [-0.1, -0.05) is 164 Å². The van der Waals surface area contributed by atoms with Crippen LogP contribution < -0.4 is 9.80 Å². The second-order valence-electron chi connectivity index (χ2n) is 24.9. The Morgan fingerprint density at radius 3 is 2.10 bits per heavy atom. The number of halogens is 2. The summed E-state index contributed by atoms with van der Waals surface area (Å²) in [6.07, 6.45) is 70.7. The Balaban J connectivity index is 0.834. The van der Waals surface area contributed by atoms with E-state index in [1.165, 1.54) is 55.5 Å². The van der Waals surface area contributed by atoms with Crippen LogP contribution in [0.25, 0.3) is 5.57 Å². The molecule has 0 aromatic heterocycles. The maximum atomic E-state index is 15.1. The molecule has 1 aliphatic heterocycles. The van der Waals surface area contributed by atoms with Crippen molar-refractivity contribution < 1.29 is 8.78 Å². The van der Waals surface area contributed by atoms with Crippen LogP contribution in [0.15, 0.2) is 294 Å². The van der Waals surface area contributed by atoms with Gasteiger partial charge in [0.1, 0.15) is 11.7 Å². The van der Waals surface area contributed by atoms with Crippen molar-refractivity contribution in [1.82, 2.24) is 0 Å². The summed E-state index contributed by atoms with van der Waals surface area (Å²) in [4.78, 5) is 6.40. The van der Waals surface area contributed by atoms with E-state index in [9.17, 15) is 0 Å². The minimum atomic E-state index is -0.351. The molecule has 1 heterocycles. The highest BCUT2D eigenvalue weighted by atomic mass is 32.2. The van der Waals surface area contributed by atoms with E-state index in [1.807, 2.05) is 30.0 Å². The second kappa shape index (κ2) is 21.3. The molecule has 5 heteroatoms. The van der Waals surface area contributed by atoms with Crippen molar-refractivity contribution in [2.24, 2.45) is 52.8 Å². The van der Waals surface area contributed by atoms with Gasteiger partial charge in [-0.05, 0) is 224 Å². The first-order chi connectivity index (χ1) is 40.8. The molecular weight excluding hydrogens is 1030 g/mol. The zero-order chi connectivity index (χ0) is 55.8. The Hall–Kier alpha value is -7.47. The topological polar surface area (TPSA) is 6.48 Å². The van der Waals surface area contributed by atoms with Gasteiger partial charge < -0.3 is 9.80 Å². The van der Waals surface area contributed by atoms with Gasteiger partial charge >= 0.3 is 0 Å². The summed E-state index contributed by atoms with van der Waals surface area (Å²) in [6, 6.07) is 25.5.